The molecule has 6 heteroatoms. The van der Waals surface area contributed by atoms with Crippen LogP contribution in [0.5, 0.6) is 5.75 Å². The highest BCUT2D eigenvalue weighted by atomic mass is 16.5. The highest BCUT2D eigenvalue weighted by molar-refractivity contribution is 6.23. The van der Waals surface area contributed by atoms with E-state index < -0.39 is 23.8 Å². The number of hydrogen-bond acceptors (Lipinski definition) is 4. The Kier molecular flexibility index (Phi) is 4.27. The molecule has 0 aromatic heterocycles. The van der Waals surface area contributed by atoms with Gasteiger partial charge in [0.1, 0.15) is 11.8 Å². The van der Waals surface area contributed by atoms with Gasteiger partial charge < -0.3 is 10.1 Å². The van der Waals surface area contributed by atoms with Crippen molar-refractivity contribution >= 4 is 23.4 Å². The molecule has 1 aliphatic heterocycles. The predicted octanol–water partition coefficient (Wildman–Crippen LogP) is 2.63. The third-order valence-corrected chi connectivity index (χ3v) is 4.21. The molecule has 1 aliphatic rings. The fraction of sp³-hybridized carbons (Fsp3) is 0.211. The maximum absolute atomic E-state index is 12.6. The van der Waals surface area contributed by atoms with Gasteiger partial charge in [-0.25, -0.2) is 0 Å². The van der Waals surface area contributed by atoms with Gasteiger partial charge in [-0.2, -0.15) is 0 Å². The van der Waals surface area contributed by atoms with Gasteiger partial charge in [0.15, 0.2) is 0 Å². The van der Waals surface area contributed by atoms with E-state index in [4.69, 9.17) is 4.74 Å². The number of nitrogens with one attached hydrogen (secondary N) is 1. The molecule has 1 heterocycles. The molecule has 0 aliphatic carbocycles. The maximum Gasteiger partial charge on any atom is 0.262 e. The van der Waals surface area contributed by atoms with E-state index in [1.54, 1.807) is 36.4 Å². The molecule has 25 heavy (non-hydrogen) atoms. The van der Waals surface area contributed by atoms with Gasteiger partial charge >= 0.3 is 0 Å². The van der Waals surface area contributed by atoms with Crippen LogP contribution in [0.2, 0.25) is 0 Å². The average molecular weight is 338 g/mol. The number of imide groups is 1. The number of methoxy groups -OCH3 is 1. The van der Waals surface area contributed by atoms with Crippen molar-refractivity contribution in [3.63, 3.8) is 0 Å². The molecule has 6 nitrogen and oxygen atoms in total. The number of carbonyl (C=O) groups is 3. The number of aryl methyl sites for hydroxylation is 1. The SMILES string of the molecule is COc1ccc(C)cc1NC(=O)C(C)N1C(=O)c2ccccc2C1=O. The zero-order valence-corrected chi connectivity index (χ0v) is 14.2. The number of fused-ring (bicyclic) bond motifs is 1. The fourth-order valence-electron chi connectivity index (χ4n) is 2.83. The zero-order chi connectivity index (χ0) is 18.1. The number of benzene rings is 2. The van der Waals surface area contributed by atoms with Crippen LogP contribution in [0.3, 0.4) is 0 Å². The first-order valence-electron chi connectivity index (χ1n) is 7.86. The number of amides is 3. The maximum atomic E-state index is 12.6. The molecule has 3 rings (SSSR count). The topological polar surface area (TPSA) is 75.7 Å². The van der Waals surface area contributed by atoms with E-state index >= 15 is 0 Å². The summed E-state index contributed by atoms with van der Waals surface area (Å²) >= 11 is 0. The molecular formula is C19H18N2O4. The van der Waals surface area contributed by atoms with Crippen LogP contribution < -0.4 is 10.1 Å². The van der Waals surface area contributed by atoms with Crippen molar-refractivity contribution in [3.05, 3.63) is 59.2 Å². The zero-order valence-electron chi connectivity index (χ0n) is 14.2. The van der Waals surface area contributed by atoms with Crippen LogP contribution in [-0.4, -0.2) is 35.8 Å². The first kappa shape index (κ1) is 16.7. The lowest BCUT2D eigenvalue weighted by atomic mass is 10.1. The molecule has 0 spiro atoms. The molecule has 0 saturated carbocycles. The van der Waals surface area contributed by atoms with Crippen LogP contribution in [0.1, 0.15) is 33.2 Å². The van der Waals surface area contributed by atoms with E-state index in [1.165, 1.54) is 14.0 Å². The monoisotopic (exact) mass is 338 g/mol. The summed E-state index contributed by atoms with van der Waals surface area (Å²) < 4.78 is 5.24. The predicted molar refractivity (Wildman–Crippen MR) is 92.8 cm³/mol. The van der Waals surface area contributed by atoms with Crippen molar-refractivity contribution in [2.45, 2.75) is 19.9 Å². The van der Waals surface area contributed by atoms with E-state index in [0.29, 0.717) is 22.6 Å². The summed E-state index contributed by atoms with van der Waals surface area (Å²) in [5.74, 6) is -0.870. The van der Waals surface area contributed by atoms with Crippen LogP contribution in [0, 0.1) is 6.92 Å². The molecule has 1 unspecified atom stereocenters. The summed E-state index contributed by atoms with van der Waals surface area (Å²) in [5, 5.41) is 2.74. The molecular weight excluding hydrogens is 320 g/mol. The standard InChI is InChI=1S/C19H18N2O4/c1-11-8-9-16(25-3)15(10-11)20-17(22)12(2)21-18(23)13-6-4-5-7-14(13)19(21)24/h4-10,12H,1-3H3,(H,20,22). The van der Waals surface area contributed by atoms with E-state index in [0.717, 1.165) is 10.5 Å². The van der Waals surface area contributed by atoms with Crippen LogP contribution in [0.25, 0.3) is 0 Å². The number of nitrogens with zero attached hydrogens (tertiary/aromatic N) is 1. The second kappa shape index (κ2) is 6.39. The van der Waals surface area contributed by atoms with E-state index in [2.05, 4.69) is 5.32 Å². The molecule has 3 amide bonds. The number of carbonyl (C=O) groups excluding carboxylic acids is 3. The Labute approximate surface area is 145 Å². The van der Waals surface area contributed by atoms with E-state index in [9.17, 15) is 14.4 Å². The smallest absolute Gasteiger partial charge is 0.262 e. The number of anilines is 1. The first-order valence-corrected chi connectivity index (χ1v) is 7.86. The third-order valence-electron chi connectivity index (χ3n) is 4.21. The molecule has 1 N–H and O–H groups in total. The molecule has 128 valence electrons. The second-order valence-electron chi connectivity index (χ2n) is 5.89. The molecule has 0 bridgehead atoms. The molecule has 1 atom stereocenters. The van der Waals surface area contributed by atoms with Crippen LogP contribution in [0.4, 0.5) is 5.69 Å². The third kappa shape index (κ3) is 2.87. The Balaban J connectivity index is 1.84. The normalized spacial score (nSPS) is 14.3. The van der Waals surface area contributed by atoms with Crippen molar-refractivity contribution in [1.82, 2.24) is 4.90 Å². The molecule has 2 aromatic rings. The lowest BCUT2D eigenvalue weighted by Crippen LogP contribution is -2.45. The number of hydrogen-bond donors (Lipinski definition) is 1. The Morgan fingerprint density at radius 2 is 1.68 bits per heavy atom. The number of ether oxygens (including phenoxy) is 1. The van der Waals surface area contributed by atoms with Crippen LogP contribution in [0.15, 0.2) is 42.5 Å². The van der Waals surface area contributed by atoms with Crippen LogP contribution >= 0.6 is 0 Å². The summed E-state index contributed by atoms with van der Waals surface area (Å²) in [6.07, 6.45) is 0. The van der Waals surface area contributed by atoms with Gasteiger partial charge in [0.05, 0.1) is 23.9 Å². The fourth-order valence-corrected chi connectivity index (χ4v) is 2.83. The van der Waals surface area contributed by atoms with Crippen LogP contribution in [-0.2, 0) is 4.79 Å². The van der Waals surface area contributed by atoms with Crippen molar-refractivity contribution in [3.8, 4) is 5.75 Å². The second-order valence-corrected chi connectivity index (χ2v) is 5.89. The van der Waals surface area contributed by atoms with Crippen molar-refractivity contribution < 1.29 is 19.1 Å². The molecule has 0 saturated heterocycles. The van der Waals surface area contributed by atoms with Gasteiger partial charge in [0.25, 0.3) is 11.8 Å². The molecule has 2 aromatic carbocycles. The quantitative estimate of drug-likeness (QED) is 0.870. The summed E-state index contributed by atoms with van der Waals surface area (Å²) in [6, 6.07) is 11.0. The summed E-state index contributed by atoms with van der Waals surface area (Å²) in [5.41, 5.74) is 2.08. The van der Waals surface area contributed by atoms with Gasteiger partial charge in [-0.1, -0.05) is 18.2 Å². The largest absolute Gasteiger partial charge is 0.495 e. The van der Waals surface area contributed by atoms with E-state index in [-0.39, 0.29) is 0 Å². The minimum absolute atomic E-state index is 0.320. The number of rotatable bonds is 4. The molecule has 0 radical (unpaired) electrons. The van der Waals surface area contributed by atoms with Crippen molar-refractivity contribution in [2.24, 2.45) is 0 Å². The Bertz CT molecular complexity index is 840. The minimum Gasteiger partial charge on any atom is -0.495 e. The first-order chi connectivity index (χ1) is 11.9. The lowest BCUT2D eigenvalue weighted by Gasteiger charge is -2.22. The molecule has 0 fully saturated rings. The van der Waals surface area contributed by atoms with Crippen molar-refractivity contribution in [2.75, 3.05) is 12.4 Å². The van der Waals surface area contributed by atoms with Gasteiger partial charge in [-0.3, -0.25) is 19.3 Å². The lowest BCUT2D eigenvalue weighted by molar-refractivity contribution is -0.119. The average Bonchev–Trinajstić information content (AvgIpc) is 2.86. The summed E-state index contributed by atoms with van der Waals surface area (Å²) in [4.78, 5) is 38.6. The van der Waals surface area contributed by atoms with Crippen molar-refractivity contribution in [1.29, 1.82) is 0 Å². The highest BCUT2D eigenvalue weighted by Gasteiger charge is 2.40. The summed E-state index contributed by atoms with van der Waals surface area (Å²) in [7, 11) is 1.51. The Morgan fingerprint density at radius 1 is 1.08 bits per heavy atom. The van der Waals surface area contributed by atoms with E-state index in [1.807, 2.05) is 13.0 Å². The Hall–Kier alpha value is -3.15. The van der Waals surface area contributed by atoms with Gasteiger partial charge in [0, 0.05) is 0 Å². The van der Waals surface area contributed by atoms with Gasteiger partial charge in [-0.05, 0) is 43.7 Å². The summed E-state index contributed by atoms with van der Waals surface area (Å²) in [6.45, 7) is 3.42. The highest BCUT2D eigenvalue weighted by Crippen LogP contribution is 2.27. The van der Waals surface area contributed by atoms with Gasteiger partial charge in [0.2, 0.25) is 5.91 Å². The van der Waals surface area contributed by atoms with Gasteiger partial charge in [-0.15, -0.1) is 0 Å². The minimum atomic E-state index is -0.947. The Morgan fingerprint density at radius 3 is 2.24 bits per heavy atom.